The van der Waals surface area contributed by atoms with Crippen molar-refractivity contribution in [3.8, 4) is 5.75 Å². The number of benzene rings is 2. The summed E-state index contributed by atoms with van der Waals surface area (Å²) in [6, 6.07) is 14.2. The number of methoxy groups -OCH3 is 1. The number of fused-ring (bicyclic) bond motifs is 1. The lowest BCUT2D eigenvalue weighted by Crippen LogP contribution is -2.42. The molecule has 1 atom stereocenters. The summed E-state index contributed by atoms with van der Waals surface area (Å²) in [7, 11) is 1.67. The van der Waals surface area contributed by atoms with Crippen molar-refractivity contribution in [2.24, 2.45) is 5.73 Å². The molecule has 3 rings (SSSR count). The van der Waals surface area contributed by atoms with Gasteiger partial charge in [-0.15, -0.1) is 0 Å². The Morgan fingerprint density at radius 2 is 1.90 bits per heavy atom. The fraction of sp³-hybridized carbons (Fsp3) is 0.294. The Kier molecular flexibility index (Phi) is 3.45. The minimum atomic E-state index is -0.412. The fourth-order valence-corrected chi connectivity index (χ4v) is 3.23. The van der Waals surface area contributed by atoms with Gasteiger partial charge in [-0.05, 0) is 48.6 Å². The maximum atomic E-state index is 6.70. The first-order chi connectivity index (χ1) is 9.62. The van der Waals surface area contributed by atoms with Crippen LogP contribution in [0.25, 0.3) is 0 Å². The van der Waals surface area contributed by atoms with Gasteiger partial charge in [0.25, 0.3) is 0 Å². The predicted octanol–water partition coefficient (Wildman–Crippen LogP) is 3.69. The van der Waals surface area contributed by atoms with E-state index in [2.05, 4.69) is 24.3 Å². The predicted molar refractivity (Wildman–Crippen MR) is 82.3 cm³/mol. The summed E-state index contributed by atoms with van der Waals surface area (Å²) < 4.78 is 5.47. The van der Waals surface area contributed by atoms with Crippen LogP contribution in [0.4, 0.5) is 0 Å². The lowest BCUT2D eigenvalue weighted by Gasteiger charge is -2.36. The Labute approximate surface area is 124 Å². The first-order valence-corrected chi connectivity index (χ1v) is 7.20. The molecule has 0 heterocycles. The van der Waals surface area contributed by atoms with Crippen molar-refractivity contribution in [3.05, 3.63) is 64.2 Å². The average Bonchev–Trinajstić information content (AvgIpc) is 2.47. The van der Waals surface area contributed by atoms with E-state index in [1.165, 1.54) is 11.1 Å². The summed E-state index contributed by atoms with van der Waals surface area (Å²) in [4.78, 5) is 0. The van der Waals surface area contributed by atoms with Gasteiger partial charge < -0.3 is 10.5 Å². The molecule has 0 radical (unpaired) electrons. The zero-order chi connectivity index (χ0) is 14.2. The SMILES string of the molecule is COc1ccc(Cl)cc1C1(N)CCc2ccccc2C1. The third-order valence-electron chi connectivity index (χ3n) is 4.16. The average molecular weight is 288 g/mol. The van der Waals surface area contributed by atoms with E-state index in [0.29, 0.717) is 5.02 Å². The van der Waals surface area contributed by atoms with Crippen LogP contribution in [0.1, 0.15) is 23.1 Å². The molecule has 0 bridgehead atoms. The van der Waals surface area contributed by atoms with Gasteiger partial charge in [0.05, 0.1) is 7.11 Å². The highest BCUT2D eigenvalue weighted by atomic mass is 35.5. The van der Waals surface area contributed by atoms with E-state index < -0.39 is 5.54 Å². The number of nitrogens with two attached hydrogens (primary N) is 1. The number of halogens is 1. The molecule has 2 aromatic carbocycles. The number of hydrogen-bond donors (Lipinski definition) is 1. The molecular weight excluding hydrogens is 270 g/mol. The van der Waals surface area contributed by atoms with Gasteiger partial charge in [-0.2, -0.15) is 0 Å². The highest BCUT2D eigenvalue weighted by molar-refractivity contribution is 6.30. The zero-order valence-corrected chi connectivity index (χ0v) is 12.3. The molecule has 1 aliphatic rings. The number of hydrogen-bond acceptors (Lipinski definition) is 2. The van der Waals surface area contributed by atoms with Gasteiger partial charge in [0.2, 0.25) is 0 Å². The second kappa shape index (κ2) is 5.12. The molecule has 0 fully saturated rings. The Morgan fingerprint density at radius 1 is 1.15 bits per heavy atom. The van der Waals surface area contributed by atoms with E-state index in [9.17, 15) is 0 Å². The van der Waals surface area contributed by atoms with Gasteiger partial charge >= 0.3 is 0 Å². The molecule has 1 unspecified atom stereocenters. The largest absolute Gasteiger partial charge is 0.496 e. The van der Waals surface area contributed by atoms with E-state index in [0.717, 1.165) is 30.6 Å². The van der Waals surface area contributed by atoms with Gasteiger partial charge in [0.1, 0.15) is 5.75 Å². The van der Waals surface area contributed by atoms with Crippen LogP contribution in [0, 0.1) is 0 Å². The Morgan fingerprint density at radius 3 is 2.65 bits per heavy atom. The van der Waals surface area contributed by atoms with Crippen LogP contribution in [0.5, 0.6) is 5.75 Å². The molecule has 0 saturated heterocycles. The van der Waals surface area contributed by atoms with Crippen molar-refractivity contribution in [1.82, 2.24) is 0 Å². The number of rotatable bonds is 2. The second-order valence-corrected chi connectivity index (χ2v) is 5.88. The molecule has 0 amide bonds. The zero-order valence-electron chi connectivity index (χ0n) is 11.5. The third kappa shape index (κ3) is 2.30. The molecule has 104 valence electrons. The maximum Gasteiger partial charge on any atom is 0.124 e. The molecule has 2 aromatic rings. The van der Waals surface area contributed by atoms with Gasteiger partial charge in [-0.3, -0.25) is 0 Å². The molecule has 20 heavy (non-hydrogen) atoms. The monoisotopic (exact) mass is 287 g/mol. The van der Waals surface area contributed by atoms with Crippen LogP contribution < -0.4 is 10.5 Å². The van der Waals surface area contributed by atoms with E-state index in [1.54, 1.807) is 7.11 Å². The molecular formula is C17H18ClNO. The van der Waals surface area contributed by atoms with Crippen molar-refractivity contribution >= 4 is 11.6 Å². The molecule has 3 heteroatoms. The van der Waals surface area contributed by atoms with Crippen LogP contribution in [0.15, 0.2) is 42.5 Å². The minimum Gasteiger partial charge on any atom is -0.496 e. The highest BCUT2D eigenvalue weighted by Gasteiger charge is 2.34. The molecule has 2 nitrogen and oxygen atoms in total. The van der Waals surface area contributed by atoms with E-state index >= 15 is 0 Å². The van der Waals surface area contributed by atoms with Gasteiger partial charge in [-0.25, -0.2) is 0 Å². The first kappa shape index (κ1) is 13.5. The normalized spacial score (nSPS) is 21.4. The molecule has 0 saturated carbocycles. The van der Waals surface area contributed by atoms with Crippen molar-refractivity contribution in [2.75, 3.05) is 7.11 Å². The number of aryl methyl sites for hydroxylation is 1. The molecule has 2 N–H and O–H groups in total. The third-order valence-corrected chi connectivity index (χ3v) is 4.40. The van der Waals surface area contributed by atoms with Crippen molar-refractivity contribution < 1.29 is 4.74 Å². The summed E-state index contributed by atoms with van der Waals surface area (Å²) in [5, 5.41) is 0.699. The highest BCUT2D eigenvalue weighted by Crippen LogP contribution is 2.39. The van der Waals surface area contributed by atoms with Gasteiger partial charge in [0.15, 0.2) is 0 Å². The second-order valence-electron chi connectivity index (χ2n) is 5.45. The van der Waals surface area contributed by atoms with Gasteiger partial charge in [0, 0.05) is 16.1 Å². The lowest BCUT2D eigenvalue weighted by molar-refractivity contribution is 0.349. The molecule has 0 aromatic heterocycles. The first-order valence-electron chi connectivity index (χ1n) is 6.82. The fourth-order valence-electron chi connectivity index (χ4n) is 3.06. The molecule has 0 spiro atoms. The summed E-state index contributed by atoms with van der Waals surface area (Å²) in [5.41, 5.74) is 10.0. The lowest BCUT2D eigenvalue weighted by atomic mass is 9.74. The van der Waals surface area contributed by atoms with E-state index in [1.807, 2.05) is 18.2 Å². The quantitative estimate of drug-likeness (QED) is 0.914. The van der Waals surface area contributed by atoms with Crippen LogP contribution in [0.3, 0.4) is 0 Å². The van der Waals surface area contributed by atoms with Crippen LogP contribution in [0.2, 0.25) is 5.02 Å². The summed E-state index contributed by atoms with van der Waals surface area (Å²) in [5.74, 6) is 0.816. The van der Waals surface area contributed by atoms with Crippen LogP contribution in [-0.4, -0.2) is 7.11 Å². The standard InChI is InChI=1S/C17H18ClNO/c1-20-16-7-6-14(18)10-15(16)17(19)9-8-12-4-2-3-5-13(12)11-17/h2-7,10H,8-9,11,19H2,1H3. The van der Waals surface area contributed by atoms with E-state index in [4.69, 9.17) is 22.1 Å². The summed E-state index contributed by atoms with van der Waals surface area (Å²) in [6.45, 7) is 0. The minimum absolute atomic E-state index is 0.412. The smallest absolute Gasteiger partial charge is 0.124 e. The van der Waals surface area contributed by atoms with E-state index in [-0.39, 0.29) is 0 Å². The topological polar surface area (TPSA) is 35.2 Å². The maximum absolute atomic E-state index is 6.70. The van der Waals surface area contributed by atoms with Gasteiger partial charge in [-0.1, -0.05) is 35.9 Å². The Bertz CT molecular complexity index is 641. The van der Waals surface area contributed by atoms with Crippen LogP contribution in [-0.2, 0) is 18.4 Å². The molecule has 1 aliphatic carbocycles. The Balaban J connectivity index is 2.04. The molecule has 0 aliphatic heterocycles. The van der Waals surface area contributed by atoms with Crippen molar-refractivity contribution in [1.29, 1.82) is 0 Å². The van der Waals surface area contributed by atoms with Crippen molar-refractivity contribution in [2.45, 2.75) is 24.8 Å². The number of ether oxygens (including phenoxy) is 1. The van der Waals surface area contributed by atoms with Crippen molar-refractivity contribution in [3.63, 3.8) is 0 Å². The summed E-state index contributed by atoms with van der Waals surface area (Å²) >= 11 is 6.14. The van der Waals surface area contributed by atoms with Crippen LogP contribution >= 0.6 is 11.6 Å². The summed E-state index contributed by atoms with van der Waals surface area (Å²) in [6.07, 6.45) is 2.71. The Hall–Kier alpha value is -1.51.